The zero-order valence-corrected chi connectivity index (χ0v) is 15.0. The number of aromatic nitrogens is 3. The van der Waals surface area contributed by atoms with Crippen LogP contribution in [0.15, 0.2) is 47.3 Å². The first-order valence-electron chi connectivity index (χ1n) is 8.38. The Morgan fingerprint density at radius 1 is 1.29 bits per heavy atom. The molecular weight excluding hydrogens is 367 g/mol. The van der Waals surface area contributed by atoms with E-state index in [2.05, 4.69) is 20.1 Å². The predicted octanol–water partition coefficient (Wildman–Crippen LogP) is 2.89. The molecule has 0 fully saturated rings. The van der Waals surface area contributed by atoms with Gasteiger partial charge >= 0.3 is 5.97 Å². The molecule has 1 N–H and O–H groups in total. The van der Waals surface area contributed by atoms with Crippen LogP contribution in [0.5, 0.6) is 0 Å². The molecule has 4 aromatic rings. The van der Waals surface area contributed by atoms with Gasteiger partial charge < -0.3 is 14.5 Å². The summed E-state index contributed by atoms with van der Waals surface area (Å²) in [5, 5.41) is 7.27. The minimum Gasteiger partial charge on any atom is -0.465 e. The van der Waals surface area contributed by atoms with Crippen molar-refractivity contribution in [3.8, 4) is 0 Å². The molecule has 3 heterocycles. The molecule has 8 nitrogen and oxygen atoms in total. The number of fused-ring (bicyclic) bond motifs is 2. The first kappa shape index (κ1) is 17.7. The Morgan fingerprint density at radius 2 is 2.11 bits per heavy atom. The van der Waals surface area contributed by atoms with E-state index < -0.39 is 17.8 Å². The van der Waals surface area contributed by atoms with Crippen molar-refractivity contribution in [2.24, 2.45) is 0 Å². The molecular formula is C19H15FN4O4. The summed E-state index contributed by atoms with van der Waals surface area (Å²) in [4.78, 5) is 28.6. The predicted molar refractivity (Wildman–Crippen MR) is 96.4 cm³/mol. The Kier molecular flexibility index (Phi) is 4.26. The van der Waals surface area contributed by atoms with E-state index in [0.29, 0.717) is 22.4 Å². The molecule has 0 saturated heterocycles. The number of carbonyl (C=O) groups is 2. The third-order valence-electron chi connectivity index (χ3n) is 4.30. The molecule has 0 radical (unpaired) electrons. The molecule has 3 aromatic heterocycles. The van der Waals surface area contributed by atoms with E-state index in [1.165, 1.54) is 23.9 Å². The van der Waals surface area contributed by atoms with Crippen molar-refractivity contribution in [2.45, 2.75) is 13.0 Å². The molecule has 142 valence electrons. The highest BCUT2D eigenvalue weighted by molar-refractivity contribution is 6.02. The largest absolute Gasteiger partial charge is 0.465 e. The molecule has 28 heavy (non-hydrogen) atoms. The number of esters is 1. The maximum atomic E-state index is 13.8. The van der Waals surface area contributed by atoms with Crippen LogP contribution in [0, 0.1) is 5.82 Å². The number of carbonyl (C=O) groups excluding carboxylic acids is 2. The van der Waals surface area contributed by atoms with E-state index in [1.54, 1.807) is 31.5 Å². The second-order valence-corrected chi connectivity index (χ2v) is 6.15. The number of nitrogens with zero attached hydrogens (tertiary/aromatic N) is 3. The number of hydrogen-bond acceptors (Lipinski definition) is 6. The number of amides is 1. The van der Waals surface area contributed by atoms with Crippen LogP contribution in [0.4, 0.5) is 4.39 Å². The minimum absolute atomic E-state index is 0.0193. The van der Waals surface area contributed by atoms with Crippen molar-refractivity contribution < 1.29 is 23.1 Å². The van der Waals surface area contributed by atoms with Crippen molar-refractivity contribution in [3.63, 3.8) is 0 Å². The molecule has 0 aliphatic rings. The van der Waals surface area contributed by atoms with Gasteiger partial charge in [-0.25, -0.2) is 18.7 Å². The normalized spacial score (nSPS) is 12.2. The monoisotopic (exact) mass is 382 g/mol. The van der Waals surface area contributed by atoms with Gasteiger partial charge in [0.2, 0.25) is 0 Å². The van der Waals surface area contributed by atoms with E-state index in [0.717, 1.165) is 6.07 Å². The molecule has 0 aliphatic carbocycles. The van der Waals surface area contributed by atoms with E-state index in [4.69, 9.17) is 4.42 Å². The Labute approximate surface area is 157 Å². The zero-order valence-electron chi connectivity index (χ0n) is 15.0. The number of nitrogens with one attached hydrogen (secondary N) is 1. The summed E-state index contributed by atoms with van der Waals surface area (Å²) < 4.78 is 25.7. The number of rotatable bonds is 4. The van der Waals surface area contributed by atoms with Crippen LogP contribution in [0.3, 0.4) is 0 Å². The zero-order chi connectivity index (χ0) is 19.8. The summed E-state index contributed by atoms with van der Waals surface area (Å²) in [6.45, 7) is 1.71. The van der Waals surface area contributed by atoms with Gasteiger partial charge in [0.15, 0.2) is 5.65 Å². The lowest BCUT2D eigenvalue weighted by Gasteiger charge is -2.10. The Bertz CT molecular complexity index is 1210. The number of furan rings is 1. The average Bonchev–Trinajstić information content (AvgIpc) is 3.30. The van der Waals surface area contributed by atoms with Gasteiger partial charge in [0.1, 0.15) is 28.3 Å². The molecule has 0 saturated carbocycles. The number of hydrogen-bond donors (Lipinski definition) is 1. The van der Waals surface area contributed by atoms with Crippen LogP contribution in [0.1, 0.15) is 39.4 Å². The van der Waals surface area contributed by atoms with Gasteiger partial charge in [-0.3, -0.25) is 4.79 Å². The van der Waals surface area contributed by atoms with Crippen LogP contribution < -0.4 is 5.32 Å². The summed E-state index contributed by atoms with van der Waals surface area (Å²) in [5.41, 5.74) is 0.910. The summed E-state index contributed by atoms with van der Waals surface area (Å²) >= 11 is 0. The van der Waals surface area contributed by atoms with Gasteiger partial charge in [-0.05, 0) is 31.2 Å². The quantitative estimate of drug-likeness (QED) is 0.545. The SMILES string of the molecule is COC(=O)c1cc(F)cc2cc(C(C)NC(=O)c3cnn4cccnc34)oc12. The van der Waals surface area contributed by atoms with Gasteiger partial charge in [-0.1, -0.05) is 0 Å². The van der Waals surface area contributed by atoms with Gasteiger partial charge in [0, 0.05) is 17.8 Å². The summed E-state index contributed by atoms with van der Waals surface area (Å²) in [5.74, 6) is -1.32. The fourth-order valence-corrected chi connectivity index (χ4v) is 2.94. The van der Waals surface area contributed by atoms with Gasteiger partial charge in [0.05, 0.1) is 19.3 Å². The summed E-state index contributed by atoms with van der Waals surface area (Å²) in [7, 11) is 1.20. The van der Waals surface area contributed by atoms with Crippen LogP contribution in [-0.2, 0) is 4.74 Å². The second-order valence-electron chi connectivity index (χ2n) is 6.15. The fourth-order valence-electron chi connectivity index (χ4n) is 2.94. The van der Waals surface area contributed by atoms with E-state index in [1.807, 2.05) is 0 Å². The summed E-state index contributed by atoms with van der Waals surface area (Å²) in [6, 6.07) is 5.03. The topological polar surface area (TPSA) is 98.7 Å². The molecule has 0 aliphatic heterocycles. The van der Waals surface area contributed by atoms with Crippen molar-refractivity contribution >= 4 is 28.5 Å². The van der Waals surface area contributed by atoms with Gasteiger partial charge in [-0.2, -0.15) is 5.10 Å². The van der Waals surface area contributed by atoms with E-state index in [-0.39, 0.29) is 17.1 Å². The lowest BCUT2D eigenvalue weighted by molar-refractivity contribution is 0.0600. The van der Waals surface area contributed by atoms with Crippen LogP contribution in [0.2, 0.25) is 0 Å². The smallest absolute Gasteiger partial charge is 0.341 e. The van der Waals surface area contributed by atoms with Gasteiger partial charge in [-0.15, -0.1) is 0 Å². The third kappa shape index (κ3) is 2.96. The first-order valence-corrected chi connectivity index (χ1v) is 8.38. The molecule has 1 atom stereocenters. The molecule has 9 heteroatoms. The maximum Gasteiger partial charge on any atom is 0.341 e. The number of benzene rings is 1. The van der Waals surface area contributed by atoms with Gasteiger partial charge in [0.25, 0.3) is 5.91 Å². The molecule has 1 unspecified atom stereocenters. The highest BCUT2D eigenvalue weighted by Gasteiger charge is 2.22. The Morgan fingerprint density at radius 3 is 2.89 bits per heavy atom. The number of ether oxygens (including phenoxy) is 1. The van der Waals surface area contributed by atoms with E-state index >= 15 is 0 Å². The van der Waals surface area contributed by atoms with Crippen molar-refractivity contribution in [3.05, 3.63) is 65.6 Å². The highest BCUT2D eigenvalue weighted by Crippen LogP contribution is 2.28. The molecule has 0 bridgehead atoms. The van der Waals surface area contributed by atoms with Crippen LogP contribution >= 0.6 is 0 Å². The number of halogens is 1. The standard InChI is InChI=1S/C19H15FN4O4/c1-10(23-18(25)14-9-22-24-5-3-4-21-17(14)24)15-7-11-6-12(20)8-13(16(11)28-15)19(26)27-2/h3-10H,1-2H3,(H,23,25). The van der Waals surface area contributed by atoms with Crippen LogP contribution in [-0.4, -0.2) is 33.6 Å². The minimum atomic E-state index is -0.709. The van der Waals surface area contributed by atoms with Crippen molar-refractivity contribution in [1.29, 1.82) is 0 Å². The third-order valence-corrected chi connectivity index (χ3v) is 4.30. The molecule has 1 amide bonds. The van der Waals surface area contributed by atoms with E-state index in [9.17, 15) is 14.0 Å². The number of methoxy groups -OCH3 is 1. The maximum absolute atomic E-state index is 13.8. The second kappa shape index (κ2) is 6.76. The lowest BCUT2D eigenvalue weighted by Crippen LogP contribution is -2.26. The molecule has 0 spiro atoms. The molecule has 4 rings (SSSR count). The molecule has 1 aromatic carbocycles. The van der Waals surface area contributed by atoms with Crippen molar-refractivity contribution in [1.82, 2.24) is 19.9 Å². The Hall–Kier alpha value is -3.75. The summed E-state index contributed by atoms with van der Waals surface area (Å²) in [6.07, 6.45) is 4.68. The average molecular weight is 382 g/mol. The van der Waals surface area contributed by atoms with Crippen LogP contribution in [0.25, 0.3) is 16.6 Å². The highest BCUT2D eigenvalue weighted by atomic mass is 19.1. The van der Waals surface area contributed by atoms with Crippen molar-refractivity contribution in [2.75, 3.05) is 7.11 Å². The fraction of sp³-hybridized carbons (Fsp3) is 0.158. The Balaban J connectivity index is 1.64. The lowest BCUT2D eigenvalue weighted by atomic mass is 10.1. The first-order chi connectivity index (χ1) is 13.5.